The van der Waals surface area contributed by atoms with Gasteiger partial charge in [-0.25, -0.2) is 0 Å². The molecule has 1 aromatic heterocycles. The van der Waals surface area contributed by atoms with E-state index >= 15 is 0 Å². The standard InChI is InChI=1S/C16H19BN2O4/c1-15(2)16(3,4)23-17(22-15)12-9-11(7-8-18-12)10-19-13(20)5-6-14(19)21/h5-9H,10H2,1-4H3. The van der Waals surface area contributed by atoms with Gasteiger partial charge in [0.2, 0.25) is 0 Å². The number of carbonyl (C=O) groups is 2. The second-order valence-corrected chi connectivity index (χ2v) is 6.77. The fourth-order valence-electron chi connectivity index (χ4n) is 2.45. The van der Waals surface area contributed by atoms with E-state index in [0.717, 1.165) is 5.56 Å². The van der Waals surface area contributed by atoms with E-state index in [0.29, 0.717) is 5.59 Å². The Morgan fingerprint density at radius 3 is 2.22 bits per heavy atom. The van der Waals surface area contributed by atoms with Crippen LogP contribution in [0.2, 0.25) is 0 Å². The zero-order chi connectivity index (χ0) is 16.8. The number of aromatic nitrogens is 1. The smallest absolute Gasteiger partial charge is 0.398 e. The SMILES string of the molecule is CC1(C)OB(c2cc(CN3C(=O)C=CC3=O)ccn2)OC1(C)C. The van der Waals surface area contributed by atoms with E-state index in [2.05, 4.69) is 4.98 Å². The van der Waals surface area contributed by atoms with Gasteiger partial charge in [0.05, 0.1) is 23.3 Å². The van der Waals surface area contributed by atoms with E-state index in [9.17, 15) is 9.59 Å². The molecule has 0 atom stereocenters. The van der Waals surface area contributed by atoms with Crippen molar-refractivity contribution in [2.24, 2.45) is 0 Å². The third kappa shape index (κ3) is 2.82. The molecule has 0 bridgehead atoms. The van der Waals surface area contributed by atoms with Crippen molar-refractivity contribution in [3.05, 3.63) is 36.0 Å². The van der Waals surface area contributed by atoms with Gasteiger partial charge in [0, 0.05) is 18.3 Å². The average molecular weight is 314 g/mol. The average Bonchev–Trinajstić information content (AvgIpc) is 2.89. The molecule has 1 saturated heterocycles. The van der Waals surface area contributed by atoms with Gasteiger partial charge in [-0.15, -0.1) is 0 Å². The normalized spacial score (nSPS) is 22.3. The highest BCUT2D eigenvalue weighted by Gasteiger charge is 2.52. The molecule has 1 fully saturated rings. The first-order valence-corrected chi connectivity index (χ1v) is 7.54. The number of nitrogens with zero attached hydrogens (tertiary/aromatic N) is 2. The molecule has 0 spiro atoms. The minimum Gasteiger partial charge on any atom is -0.398 e. The quantitative estimate of drug-likeness (QED) is 0.610. The summed E-state index contributed by atoms with van der Waals surface area (Å²) in [7, 11) is -0.567. The van der Waals surface area contributed by atoms with Crippen LogP contribution in [0, 0.1) is 0 Å². The Kier molecular flexibility index (Phi) is 3.65. The lowest BCUT2D eigenvalue weighted by Gasteiger charge is -2.32. The van der Waals surface area contributed by atoms with Crippen LogP contribution in [0.4, 0.5) is 0 Å². The molecule has 0 aliphatic carbocycles. The van der Waals surface area contributed by atoms with Gasteiger partial charge in [-0.05, 0) is 45.4 Å². The van der Waals surface area contributed by atoms with Gasteiger partial charge < -0.3 is 9.31 Å². The summed E-state index contributed by atoms with van der Waals surface area (Å²) in [4.78, 5) is 28.8. The predicted octanol–water partition coefficient (Wildman–Crippen LogP) is 0.806. The summed E-state index contributed by atoms with van der Waals surface area (Å²) in [6, 6.07) is 3.58. The first-order chi connectivity index (χ1) is 10.7. The summed E-state index contributed by atoms with van der Waals surface area (Å²) < 4.78 is 11.9. The highest BCUT2D eigenvalue weighted by atomic mass is 16.7. The van der Waals surface area contributed by atoms with Crippen LogP contribution < -0.4 is 5.59 Å². The Bertz CT molecular complexity index is 665. The Labute approximate surface area is 135 Å². The number of hydrogen-bond acceptors (Lipinski definition) is 5. The number of pyridine rings is 1. The second-order valence-electron chi connectivity index (χ2n) is 6.77. The summed E-state index contributed by atoms with van der Waals surface area (Å²) in [5.74, 6) is -0.604. The Balaban J connectivity index is 1.79. The Morgan fingerprint density at radius 1 is 1.09 bits per heavy atom. The second kappa shape index (κ2) is 5.28. The molecule has 2 amide bonds. The molecule has 120 valence electrons. The third-order valence-corrected chi connectivity index (χ3v) is 4.58. The molecule has 0 unspecified atom stereocenters. The Morgan fingerprint density at radius 2 is 1.65 bits per heavy atom. The maximum Gasteiger partial charge on any atom is 0.514 e. The zero-order valence-corrected chi connectivity index (χ0v) is 13.7. The molecule has 0 N–H and O–H groups in total. The van der Waals surface area contributed by atoms with Gasteiger partial charge in [0.1, 0.15) is 0 Å². The van der Waals surface area contributed by atoms with Crippen LogP contribution in [0.15, 0.2) is 30.5 Å². The van der Waals surface area contributed by atoms with E-state index in [4.69, 9.17) is 9.31 Å². The molecule has 3 heterocycles. The summed E-state index contributed by atoms with van der Waals surface area (Å²) in [6.07, 6.45) is 4.19. The van der Waals surface area contributed by atoms with Crippen LogP contribution in [-0.4, -0.2) is 40.0 Å². The van der Waals surface area contributed by atoms with Crippen molar-refractivity contribution in [2.45, 2.75) is 45.4 Å². The van der Waals surface area contributed by atoms with E-state index in [1.807, 2.05) is 27.7 Å². The highest BCUT2D eigenvalue weighted by molar-refractivity contribution is 6.61. The molecule has 6 nitrogen and oxygen atoms in total. The number of carbonyl (C=O) groups excluding carboxylic acids is 2. The molecule has 7 heteroatoms. The summed E-state index contributed by atoms with van der Waals surface area (Å²) >= 11 is 0. The van der Waals surface area contributed by atoms with Gasteiger partial charge >= 0.3 is 7.12 Å². The van der Waals surface area contributed by atoms with Gasteiger partial charge in [-0.2, -0.15) is 0 Å². The maximum absolute atomic E-state index is 11.7. The topological polar surface area (TPSA) is 68.7 Å². The molecule has 2 aliphatic rings. The summed E-state index contributed by atoms with van der Waals surface area (Å²) in [5.41, 5.74) is 0.545. The van der Waals surface area contributed by atoms with Crippen molar-refractivity contribution < 1.29 is 18.9 Å². The van der Waals surface area contributed by atoms with Gasteiger partial charge in [0.25, 0.3) is 11.8 Å². The minimum atomic E-state index is -0.567. The molecule has 0 aromatic carbocycles. The van der Waals surface area contributed by atoms with Crippen LogP contribution in [-0.2, 0) is 25.4 Å². The van der Waals surface area contributed by atoms with Crippen LogP contribution in [0.25, 0.3) is 0 Å². The molecule has 1 aromatic rings. The van der Waals surface area contributed by atoms with Crippen molar-refractivity contribution in [3.8, 4) is 0 Å². The molecule has 0 saturated carbocycles. The van der Waals surface area contributed by atoms with Crippen molar-refractivity contribution in [2.75, 3.05) is 0 Å². The summed E-state index contributed by atoms with van der Waals surface area (Å²) in [6.45, 7) is 8.11. The van der Waals surface area contributed by atoms with Crippen molar-refractivity contribution in [3.63, 3.8) is 0 Å². The largest absolute Gasteiger partial charge is 0.514 e. The maximum atomic E-state index is 11.7. The number of rotatable bonds is 3. The zero-order valence-electron chi connectivity index (χ0n) is 13.7. The number of imide groups is 1. The van der Waals surface area contributed by atoms with Crippen LogP contribution >= 0.6 is 0 Å². The lowest BCUT2D eigenvalue weighted by Crippen LogP contribution is -2.41. The lowest BCUT2D eigenvalue weighted by molar-refractivity contribution is -0.137. The number of hydrogen-bond donors (Lipinski definition) is 0. The molecule has 23 heavy (non-hydrogen) atoms. The van der Waals surface area contributed by atoms with E-state index in [1.54, 1.807) is 18.3 Å². The van der Waals surface area contributed by atoms with Crippen molar-refractivity contribution in [1.29, 1.82) is 0 Å². The van der Waals surface area contributed by atoms with Gasteiger partial charge in [-0.3, -0.25) is 19.5 Å². The van der Waals surface area contributed by atoms with E-state index in [-0.39, 0.29) is 18.4 Å². The first-order valence-electron chi connectivity index (χ1n) is 7.54. The fourth-order valence-corrected chi connectivity index (χ4v) is 2.45. The molecular formula is C16H19BN2O4. The van der Waals surface area contributed by atoms with Gasteiger partial charge in [0.15, 0.2) is 0 Å². The first kappa shape index (κ1) is 15.9. The molecule has 2 aliphatic heterocycles. The van der Waals surface area contributed by atoms with Crippen LogP contribution in [0.5, 0.6) is 0 Å². The molecular weight excluding hydrogens is 295 g/mol. The summed E-state index contributed by atoms with van der Waals surface area (Å²) in [5, 5.41) is 0. The van der Waals surface area contributed by atoms with Crippen LogP contribution in [0.3, 0.4) is 0 Å². The highest BCUT2D eigenvalue weighted by Crippen LogP contribution is 2.36. The van der Waals surface area contributed by atoms with Crippen LogP contribution in [0.1, 0.15) is 33.3 Å². The lowest BCUT2D eigenvalue weighted by atomic mass is 9.83. The number of amides is 2. The molecule has 0 radical (unpaired) electrons. The van der Waals surface area contributed by atoms with Crippen molar-refractivity contribution in [1.82, 2.24) is 9.88 Å². The van der Waals surface area contributed by atoms with E-state index in [1.165, 1.54) is 17.1 Å². The third-order valence-electron chi connectivity index (χ3n) is 4.58. The Hall–Kier alpha value is -1.99. The monoisotopic (exact) mass is 314 g/mol. The minimum absolute atomic E-state index is 0.208. The van der Waals surface area contributed by atoms with Crippen molar-refractivity contribution >= 4 is 24.5 Å². The van der Waals surface area contributed by atoms with E-state index < -0.39 is 18.3 Å². The molecule has 3 rings (SSSR count). The van der Waals surface area contributed by atoms with Gasteiger partial charge in [-0.1, -0.05) is 0 Å². The fraction of sp³-hybridized carbons (Fsp3) is 0.438. The predicted molar refractivity (Wildman–Crippen MR) is 84.7 cm³/mol.